The van der Waals surface area contributed by atoms with Crippen LogP contribution in [0.3, 0.4) is 0 Å². The van der Waals surface area contributed by atoms with Gasteiger partial charge in [-0.3, -0.25) is 9.69 Å². The van der Waals surface area contributed by atoms with Crippen LogP contribution in [0, 0.1) is 0 Å². The molecular formula is C24H31NO4. The Bertz CT molecular complexity index is 814. The lowest BCUT2D eigenvalue weighted by atomic mass is 10.1. The maximum atomic E-state index is 11.2. The van der Waals surface area contributed by atoms with Gasteiger partial charge in [0.2, 0.25) is 0 Å². The lowest BCUT2D eigenvalue weighted by molar-refractivity contribution is -0.132. The Kier molecular flexibility index (Phi) is 8.74. The summed E-state index contributed by atoms with van der Waals surface area (Å²) in [5.41, 5.74) is 2.29. The van der Waals surface area contributed by atoms with Crippen molar-refractivity contribution in [3.8, 4) is 17.2 Å². The predicted molar refractivity (Wildman–Crippen MR) is 117 cm³/mol. The molecule has 1 atom stereocenters. The van der Waals surface area contributed by atoms with Gasteiger partial charge in [0, 0.05) is 19.5 Å². The fourth-order valence-electron chi connectivity index (χ4n) is 3.20. The number of rotatable bonds is 10. The second kappa shape index (κ2) is 11.3. The van der Waals surface area contributed by atoms with Crippen LogP contribution in [-0.4, -0.2) is 44.2 Å². The highest BCUT2D eigenvalue weighted by molar-refractivity contribution is 5.71. The summed E-state index contributed by atoms with van der Waals surface area (Å²) in [6.07, 6.45) is 5.19. The van der Waals surface area contributed by atoms with Crippen LogP contribution in [0.4, 0.5) is 0 Å². The molecule has 0 saturated carbocycles. The molecule has 29 heavy (non-hydrogen) atoms. The van der Waals surface area contributed by atoms with Crippen molar-refractivity contribution in [3.63, 3.8) is 0 Å². The molecule has 0 saturated heterocycles. The van der Waals surface area contributed by atoms with E-state index in [2.05, 4.69) is 43.0 Å². The number of carbonyl (C=O) groups excluding carboxylic acids is 1. The molecule has 156 valence electrons. The van der Waals surface area contributed by atoms with Gasteiger partial charge in [0.15, 0.2) is 11.5 Å². The number of carbonyl (C=O) groups is 1. The SMILES string of the molecule is CCN(CC=Cc1ccc(OC(C)=O)c(OC)c1)C(C)Cc1ccc(OC)cc1. The van der Waals surface area contributed by atoms with E-state index in [9.17, 15) is 4.79 Å². The van der Waals surface area contributed by atoms with Crippen molar-refractivity contribution in [1.82, 2.24) is 4.90 Å². The Morgan fingerprint density at radius 1 is 1.07 bits per heavy atom. The molecule has 0 N–H and O–H groups in total. The monoisotopic (exact) mass is 397 g/mol. The Hall–Kier alpha value is -2.79. The standard InChI is InChI=1S/C24H31NO4/c1-6-25(18(2)16-21-9-12-22(27-4)13-10-21)15-7-8-20-11-14-23(29-19(3)26)24(17-20)28-5/h7-14,17-18H,6,15-16H2,1-5H3. The van der Waals surface area contributed by atoms with Crippen molar-refractivity contribution < 1.29 is 19.0 Å². The molecule has 2 aromatic carbocycles. The van der Waals surface area contributed by atoms with Crippen LogP contribution >= 0.6 is 0 Å². The first-order valence-electron chi connectivity index (χ1n) is 9.86. The second-order valence-corrected chi connectivity index (χ2v) is 6.90. The predicted octanol–water partition coefficient (Wildman–Crippen LogP) is 4.60. The number of likely N-dealkylation sites (N-methyl/N-ethyl adjacent to an activating group) is 1. The number of esters is 1. The maximum absolute atomic E-state index is 11.2. The third kappa shape index (κ3) is 6.95. The molecule has 1 unspecified atom stereocenters. The molecule has 5 nitrogen and oxygen atoms in total. The van der Waals surface area contributed by atoms with Gasteiger partial charge in [-0.2, -0.15) is 0 Å². The van der Waals surface area contributed by atoms with Gasteiger partial charge in [-0.25, -0.2) is 0 Å². The van der Waals surface area contributed by atoms with Crippen LogP contribution in [0.2, 0.25) is 0 Å². The van der Waals surface area contributed by atoms with Gasteiger partial charge in [-0.1, -0.05) is 37.3 Å². The van der Waals surface area contributed by atoms with Gasteiger partial charge in [-0.15, -0.1) is 0 Å². The van der Waals surface area contributed by atoms with Gasteiger partial charge in [0.25, 0.3) is 0 Å². The Balaban J connectivity index is 1.98. The highest BCUT2D eigenvalue weighted by Crippen LogP contribution is 2.28. The minimum atomic E-state index is -0.365. The number of benzene rings is 2. The Morgan fingerprint density at radius 2 is 1.79 bits per heavy atom. The quantitative estimate of drug-likeness (QED) is 0.433. The molecule has 0 heterocycles. The summed E-state index contributed by atoms with van der Waals surface area (Å²) in [7, 11) is 3.25. The minimum Gasteiger partial charge on any atom is -0.497 e. The van der Waals surface area contributed by atoms with Crippen LogP contribution < -0.4 is 14.2 Å². The summed E-state index contributed by atoms with van der Waals surface area (Å²) in [4.78, 5) is 13.6. The molecule has 5 heteroatoms. The summed E-state index contributed by atoms with van der Waals surface area (Å²) in [5.74, 6) is 1.49. The van der Waals surface area contributed by atoms with Gasteiger partial charge < -0.3 is 14.2 Å². The fourth-order valence-corrected chi connectivity index (χ4v) is 3.20. The first-order valence-corrected chi connectivity index (χ1v) is 9.86. The van der Waals surface area contributed by atoms with Crippen molar-refractivity contribution >= 4 is 12.0 Å². The Morgan fingerprint density at radius 3 is 2.38 bits per heavy atom. The van der Waals surface area contributed by atoms with Crippen molar-refractivity contribution in [2.24, 2.45) is 0 Å². The van der Waals surface area contributed by atoms with E-state index >= 15 is 0 Å². The van der Waals surface area contributed by atoms with Crippen molar-refractivity contribution in [2.45, 2.75) is 33.2 Å². The summed E-state index contributed by atoms with van der Waals surface area (Å²) in [5, 5.41) is 0. The zero-order chi connectivity index (χ0) is 21.2. The Labute approximate surface area is 173 Å². The van der Waals surface area contributed by atoms with Crippen LogP contribution in [0.5, 0.6) is 17.2 Å². The van der Waals surface area contributed by atoms with Crippen LogP contribution in [-0.2, 0) is 11.2 Å². The number of hydrogen-bond acceptors (Lipinski definition) is 5. The number of ether oxygens (including phenoxy) is 3. The van der Waals surface area contributed by atoms with E-state index in [0.717, 1.165) is 30.8 Å². The molecule has 0 spiro atoms. The highest BCUT2D eigenvalue weighted by atomic mass is 16.6. The third-order valence-corrected chi connectivity index (χ3v) is 4.81. The fraction of sp³-hybridized carbons (Fsp3) is 0.375. The van der Waals surface area contributed by atoms with Gasteiger partial charge >= 0.3 is 5.97 Å². The smallest absolute Gasteiger partial charge is 0.308 e. The molecule has 0 aliphatic carbocycles. The number of nitrogens with zero attached hydrogens (tertiary/aromatic N) is 1. The molecule has 0 bridgehead atoms. The number of hydrogen-bond donors (Lipinski definition) is 0. The lowest BCUT2D eigenvalue weighted by Crippen LogP contribution is -2.34. The largest absolute Gasteiger partial charge is 0.497 e. The van der Waals surface area contributed by atoms with Gasteiger partial charge in [0.1, 0.15) is 5.75 Å². The highest BCUT2D eigenvalue weighted by Gasteiger charge is 2.12. The average Bonchev–Trinajstić information content (AvgIpc) is 2.72. The molecule has 0 radical (unpaired) electrons. The third-order valence-electron chi connectivity index (χ3n) is 4.81. The van der Waals surface area contributed by atoms with E-state index in [1.54, 1.807) is 20.3 Å². The van der Waals surface area contributed by atoms with Crippen molar-refractivity contribution in [3.05, 3.63) is 59.7 Å². The van der Waals surface area contributed by atoms with E-state index in [-0.39, 0.29) is 5.97 Å². The van der Waals surface area contributed by atoms with E-state index in [4.69, 9.17) is 14.2 Å². The summed E-state index contributed by atoms with van der Waals surface area (Å²) in [6, 6.07) is 14.2. The summed E-state index contributed by atoms with van der Waals surface area (Å²) >= 11 is 0. The molecule has 0 amide bonds. The zero-order valence-corrected chi connectivity index (χ0v) is 18.0. The summed E-state index contributed by atoms with van der Waals surface area (Å²) < 4.78 is 15.7. The molecular weight excluding hydrogens is 366 g/mol. The van der Waals surface area contributed by atoms with Gasteiger partial charge in [0.05, 0.1) is 14.2 Å². The molecule has 2 aromatic rings. The average molecular weight is 398 g/mol. The molecule has 2 rings (SSSR count). The van der Waals surface area contributed by atoms with Crippen LogP contribution in [0.15, 0.2) is 48.5 Å². The van der Waals surface area contributed by atoms with E-state index in [0.29, 0.717) is 17.5 Å². The van der Waals surface area contributed by atoms with Crippen molar-refractivity contribution in [1.29, 1.82) is 0 Å². The molecule has 0 aliphatic heterocycles. The lowest BCUT2D eigenvalue weighted by Gasteiger charge is -2.26. The van der Waals surface area contributed by atoms with Crippen molar-refractivity contribution in [2.75, 3.05) is 27.3 Å². The molecule has 0 fully saturated rings. The van der Waals surface area contributed by atoms with E-state index in [1.165, 1.54) is 12.5 Å². The molecule has 0 aliphatic rings. The first kappa shape index (κ1) is 22.5. The van der Waals surface area contributed by atoms with E-state index in [1.807, 2.05) is 24.3 Å². The second-order valence-electron chi connectivity index (χ2n) is 6.90. The molecule has 0 aromatic heterocycles. The van der Waals surface area contributed by atoms with Crippen LogP contribution in [0.25, 0.3) is 6.08 Å². The topological polar surface area (TPSA) is 48.0 Å². The zero-order valence-electron chi connectivity index (χ0n) is 18.0. The first-order chi connectivity index (χ1) is 14.0. The normalized spacial score (nSPS) is 12.2. The van der Waals surface area contributed by atoms with Gasteiger partial charge in [-0.05, 0) is 55.3 Å². The van der Waals surface area contributed by atoms with E-state index < -0.39 is 0 Å². The maximum Gasteiger partial charge on any atom is 0.308 e. The number of methoxy groups -OCH3 is 2. The summed E-state index contributed by atoms with van der Waals surface area (Å²) in [6.45, 7) is 7.62. The van der Waals surface area contributed by atoms with Crippen LogP contribution in [0.1, 0.15) is 31.9 Å². The minimum absolute atomic E-state index is 0.365.